The van der Waals surface area contributed by atoms with Gasteiger partial charge < -0.3 is 14.2 Å². The van der Waals surface area contributed by atoms with Crippen LogP contribution >= 0.6 is 0 Å². The highest BCUT2D eigenvalue weighted by Gasteiger charge is 2.19. The molecule has 6 heteroatoms. The molecule has 0 bridgehead atoms. The number of carbonyl (C=O) groups excluding carboxylic acids is 3. The Hall–Kier alpha value is -3.41. The minimum atomic E-state index is -0.813. The smallest absolute Gasteiger partial charge is 0.306 e. The summed E-state index contributed by atoms with van der Waals surface area (Å²) in [5, 5.41) is 0. The molecule has 0 aliphatic heterocycles. The van der Waals surface area contributed by atoms with E-state index in [2.05, 4.69) is 106 Å². The van der Waals surface area contributed by atoms with Gasteiger partial charge in [0.05, 0.1) is 0 Å². The van der Waals surface area contributed by atoms with Crippen molar-refractivity contribution in [3.05, 3.63) is 85.1 Å². The SMILES string of the molecule is CC/C=C\C/C=C\C/C=C\CCCCCCCCCCCC(=O)OCC(COC(=O)CCC/C=C\CCCCCC)OC(=O)CCC/C=C\C/C=C\C/C=C\CC. The Morgan fingerprint density at radius 1 is 0.368 bits per heavy atom. The fraction of sp³-hybridized carbons (Fsp3) is 0.667. The van der Waals surface area contributed by atoms with E-state index < -0.39 is 6.10 Å². The van der Waals surface area contributed by atoms with Crippen LogP contribution in [0.1, 0.15) is 201 Å². The Balaban J connectivity index is 4.37. The minimum Gasteiger partial charge on any atom is -0.462 e. The predicted molar refractivity (Wildman–Crippen MR) is 242 cm³/mol. The largest absolute Gasteiger partial charge is 0.462 e. The van der Waals surface area contributed by atoms with Crippen LogP contribution < -0.4 is 0 Å². The maximum Gasteiger partial charge on any atom is 0.306 e. The van der Waals surface area contributed by atoms with Gasteiger partial charge in [0.2, 0.25) is 0 Å². The van der Waals surface area contributed by atoms with Crippen molar-refractivity contribution in [2.24, 2.45) is 0 Å². The monoisotopic (exact) mass is 793 g/mol. The Morgan fingerprint density at radius 3 is 1.16 bits per heavy atom. The van der Waals surface area contributed by atoms with E-state index in [9.17, 15) is 14.4 Å². The number of esters is 3. The summed E-state index contributed by atoms with van der Waals surface area (Å²) in [4.78, 5) is 37.6. The van der Waals surface area contributed by atoms with E-state index in [0.29, 0.717) is 25.7 Å². The Labute approximate surface area is 350 Å². The summed E-state index contributed by atoms with van der Waals surface area (Å²) in [7, 11) is 0. The molecule has 0 spiro atoms. The van der Waals surface area contributed by atoms with E-state index in [4.69, 9.17) is 14.2 Å². The van der Waals surface area contributed by atoms with Crippen LogP contribution in [0, 0.1) is 0 Å². The van der Waals surface area contributed by atoms with Crippen molar-refractivity contribution in [2.45, 2.75) is 207 Å². The van der Waals surface area contributed by atoms with Gasteiger partial charge in [-0.05, 0) is 96.3 Å². The van der Waals surface area contributed by atoms with Gasteiger partial charge in [0.1, 0.15) is 13.2 Å². The first-order chi connectivity index (χ1) is 28.0. The third-order valence-corrected chi connectivity index (χ3v) is 9.36. The van der Waals surface area contributed by atoms with E-state index >= 15 is 0 Å². The van der Waals surface area contributed by atoms with Crippen molar-refractivity contribution < 1.29 is 28.6 Å². The molecule has 0 aromatic carbocycles. The maximum atomic E-state index is 12.7. The van der Waals surface area contributed by atoms with Gasteiger partial charge in [0, 0.05) is 19.3 Å². The van der Waals surface area contributed by atoms with Crippen LogP contribution in [-0.2, 0) is 28.6 Å². The van der Waals surface area contributed by atoms with Gasteiger partial charge in [-0.3, -0.25) is 14.4 Å². The Morgan fingerprint density at radius 2 is 0.702 bits per heavy atom. The highest BCUT2D eigenvalue weighted by atomic mass is 16.6. The Kier molecular flexibility index (Phi) is 42.6. The molecule has 0 rings (SSSR count). The molecule has 0 aliphatic carbocycles. The van der Waals surface area contributed by atoms with Crippen LogP contribution in [0.25, 0.3) is 0 Å². The highest BCUT2D eigenvalue weighted by molar-refractivity contribution is 5.71. The average Bonchev–Trinajstić information content (AvgIpc) is 3.21. The average molecular weight is 793 g/mol. The zero-order valence-corrected chi connectivity index (χ0v) is 36.8. The number of ether oxygens (including phenoxy) is 3. The molecule has 0 amide bonds. The number of hydrogen-bond acceptors (Lipinski definition) is 6. The van der Waals surface area contributed by atoms with Crippen LogP contribution in [0.15, 0.2) is 85.1 Å². The summed E-state index contributed by atoms with van der Waals surface area (Å²) in [6.45, 7) is 6.27. The number of unbranched alkanes of at least 4 members (excludes halogenated alkanes) is 15. The maximum absolute atomic E-state index is 12.7. The summed E-state index contributed by atoms with van der Waals surface area (Å²) in [5.74, 6) is -1.01. The third kappa shape index (κ3) is 43.6. The number of allylic oxidation sites excluding steroid dienone is 14. The van der Waals surface area contributed by atoms with Crippen molar-refractivity contribution in [1.82, 2.24) is 0 Å². The van der Waals surface area contributed by atoms with Gasteiger partial charge in [-0.2, -0.15) is 0 Å². The standard InChI is InChI=1S/C51H84O6/c1-4-7-10-13-16-19-21-22-23-24-25-26-27-28-30-32-35-38-41-44-50(53)56-47-48(46-55-49(52)43-40-37-34-31-18-15-12-9-6-3)57-51(54)45-42-39-36-33-29-20-17-14-11-8-5-2/h7-8,10-11,16-17,19-20,22-23,31,33-34,36,48H,4-6,9,12-15,18,21,24-30,32,35,37-47H2,1-3H3/b10-7-,11-8-,19-16-,20-17-,23-22-,34-31-,36-33-. The number of rotatable bonds is 40. The van der Waals surface area contributed by atoms with Gasteiger partial charge >= 0.3 is 17.9 Å². The predicted octanol–water partition coefficient (Wildman–Crippen LogP) is 14.9. The van der Waals surface area contributed by atoms with Gasteiger partial charge in [-0.25, -0.2) is 0 Å². The zero-order chi connectivity index (χ0) is 41.5. The molecule has 0 N–H and O–H groups in total. The van der Waals surface area contributed by atoms with Gasteiger partial charge in [-0.15, -0.1) is 0 Å². The molecule has 57 heavy (non-hydrogen) atoms. The van der Waals surface area contributed by atoms with Crippen molar-refractivity contribution in [1.29, 1.82) is 0 Å². The summed E-state index contributed by atoms with van der Waals surface area (Å²) < 4.78 is 16.6. The molecule has 0 aliphatic rings. The molecule has 0 aromatic rings. The lowest BCUT2D eigenvalue weighted by molar-refractivity contribution is -0.167. The van der Waals surface area contributed by atoms with Crippen molar-refractivity contribution in [3.8, 4) is 0 Å². The molecular formula is C51H84O6. The van der Waals surface area contributed by atoms with Crippen LogP contribution in [0.3, 0.4) is 0 Å². The molecule has 0 radical (unpaired) electrons. The van der Waals surface area contributed by atoms with E-state index in [0.717, 1.165) is 77.0 Å². The Bertz CT molecular complexity index is 1140. The van der Waals surface area contributed by atoms with Crippen LogP contribution in [-0.4, -0.2) is 37.2 Å². The van der Waals surface area contributed by atoms with Crippen LogP contribution in [0.5, 0.6) is 0 Å². The fourth-order valence-corrected chi connectivity index (χ4v) is 5.95. The van der Waals surface area contributed by atoms with Crippen molar-refractivity contribution >= 4 is 17.9 Å². The molecule has 0 saturated heterocycles. The molecule has 1 unspecified atom stereocenters. The second-order valence-electron chi connectivity index (χ2n) is 14.9. The van der Waals surface area contributed by atoms with Gasteiger partial charge in [0.25, 0.3) is 0 Å². The normalized spacial score (nSPS) is 12.8. The second kappa shape index (κ2) is 45.3. The quantitative estimate of drug-likeness (QED) is 0.0266. The lowest BCUT2D eigenvalue weighted by atomic mass is 10.1. The van der Waals surface area contributed by atoms with Crippen molar-refractivity contribution in [2.75, 3.05) is 13.2 Å². The number of carbonyl (C=O) groups is 3. The first kappa shape index (κ1) is 53.6. The first-order valence-corrected chi connectivity index (χ1v) is 23.1. The molecule has 0 saturated carbocycles. The topological polar surface area (TPSA) is 78.9 Å². The molecular weight excluding hydrogens is 709 g/mol. The van der Waals surface area contributed by atoms with E-state index in [1.54, 1.807) is 0 Å². The lowest BCUT2D eigenvalue weighted by Crippen LogP contribution is -2.30. The molecule has 0 heterocycles. The fourth-order valence-electron chi connectivity index (χ4n) is 5.95. The summed E-state index contributed by atoms with van der Waals surface area (Å²) in [6.07, 6.45) is 57.3. The van der Waals surface area contributed by atoms with E-state index in [1.807, 2.05) is 0 Å². The third-order valence-electron chi connectivity index (χ3n) is 9.36. The molecule has 6 nitrogen and oxygen atoms in total. The number of hydrogen-bond donors (Lipinski definition) is 0. The minimum absolute atomic E-state index is 0.109. The zero-order valence-electron chi connectivity index (χ0n) is 36.8. The molecule has 0 fully saturated rings. The van der Waals surface area contributed by atoms with Gasteiger partial charge in [-0.1, -0.05) is 170 Å². The van der Waals surface area contributed by atoms with Crippen LogP contribution in [0.2, 0.25) is 0 Å². The first-order valence-electron chi connectivity index (χ1n) is 23.1. The lowest BCUT2D eigenvalue weighted by Gasteiger charge is -2.18. The second-order valence-corrected chi connectivity index (χ2v) is 14.9. The summed E-state index contributed by atoms with van der Waals surface area (Å²) >= 11 is 0. The van der Waals surface area contributed by atoms with Gasteiger partial charge in [0.15, 0.2) is 6.10 Å². The highest BCUT2D eigenvalue weighted by Crippen LogP contribution is 2.13. The summed E-state index contributed by atoms with van der Waals surface area (Å²) in [5.41, 5.74) is 0. The van der Waals surface area contributed by atoms with Crippen LogP contribution in [0.4, 0.5) is 0 Å². The molecule has 324 valence electrons. The van der Waals surface area contributed by atoms with Crippen molar-refractivity contribution in [3.63, 3.8) is 0 Å². The van der Waals surface area contributed by atoms with E-state index in [1.165, 1.54) is 70.6 Å². The molecule has 0 aromatic heterocycles. The summed E-state index contributed by atoms with van der Waals surface area (Å²) in [6, 6.07) is 0. The molecule has 1 atom stereocenters. The van der Waals surface area contributed by atoms with E-state index in [-0.39, 0.29) is 37.5 Å².